The number of hydrogen-bond donors (Lipinski definition) is 0. The van der Waals surface area contributed by atoms with Crippen molar-refractivity contribution in [2.45, 2.75) is 27.7 Å². The topological polar surface area (TPSA) is 0 Å². The maximum atomic E-state index is 3.80. The summed E-state index contributed by atoms with van der Waals surface area (Å²) in [6, 6.07) is 6.27. The van der Waals surface area contributed by atoms with Crippen LogP contribution in [0.4, 0.5) is 0 Å². The van der Waals surface area contributed by atoms with E-state index in [0.717, 1.165) is 0 Å². The first kappa shape index (κ1) is 12.7. The number of aryl methyl sites for hydroxylation is 1. The summed E-state index contributed by atoms with van der Waals surface area (Å²) in [5.41, 5.74) is 3.75. The summed E-state index contributed by atoms with van der Waals surface area (Å²) in [6.07, 6.45) is 6.05. The molecule has 0 bridgehead atoms. The van der Waals surface area contributed by atoms with Crippen molar-refractivity contribution in [3.05, 3.63) is 47.5 Å². The molecule has 0 amide bonds. The molecule has 1 aromatic rings. The lowest BCUT2D eigenvalue weighted by atomic mass is 10.0. The summed E-state index contributed by atoms with van der Waals surface area (Å²) in [6.45, 7) is 11.9. The molecule has 0 unspecified atom stereocenters. The van der Waals surface area contributed by atoms with Crippen LogP contribution in [0.3, 0.4) is 0 Å². The second kappa shape index (κ2) is 7.14. The summed E-state index contributed by atoms with van der Waals surface area (Å²) >= 11 is 0. The van der Waals surface area contributed by atoms with E-state index in [9.17, 15) is 0 Å². The largest absolute Gasteiger partial charge is 0.0984 e. The maximum Gasteiger partial charge on any atom is -0.0161 e. The first-order valence-corrected chi connectivity index (χ1v) is 5.14. The molecule has 0 radical (unpaired) electrons. The molecule has 0 saturated heterocycles. The molecule has 0 atom stereocenters. The highest BCUT2D eigenvalue weighted by molar-refractivity contribution is 5.66. The first-order valence-electron chi connectivity index (χ1n) is 5.14. The fourth-order valence-corrected chi connectivity index (χ4v) is 1.31. The normalized spacial score (nSPS) is 9.43. The van der Waals surface area contributed by atoms with Gasteiger partial charge < -0.3 is 0 Å². The Kier molecular flexibility index (Phi) is 6.47. The smallest absolute Gasteiger partial charge is 0.0161 e. The van der Waals surface area contributed by atoms with Gasteiger partial charge in [-0.15, -0.1) is 0 Å². The van der Waals surface area contributed by atoms with Crippen molar-refractivity contribution < 1.29 is 0 Å². The van der Waals surface area contributed by atoms with E-state index in [1.54, 1.807) is 0 Å². The van der Waals surface area contributed by atoms with Gasteiger partial charge >= 0.3 is 0 Å². The quantitative estimate of drug-likeness (QED) is 0.631. The van der Waals surface area contributed by atoms with Crippen LogP contribution >= 0.6 is 0 Å². The Bertz CT molecular complexity index is 306. The van der Waals surface area contributed by atoms with E-state index >= 15 is 0 Å². The Balaban J connectivity index is 0.000000791. The molecule has 76 valence electrons. The number of allylic oxidation sites excluding steroid dienone is 1. The minimum absolute atomic E-state index is 1.23. The Morgan fingerprint density at radius 3 is 2.36 bits per heavy atom. The number of rotatable bonds is 2. The standard InChI is InChI=1S/C12H14.C2H6/c1-4-7-11-9-6-8-10(3)12(11)5-2;1-2/h4-9H,2H2,1,3H3;1-2H3/b7-4-;. The highest BCUT2D eigenvalue weighted by Crippen LogP contribution is 2.16. The van der Waals surface area contributed by atoms with Gasteiger partial charge in [-0.05, 0) is 30.5 Å². The van der Waals surface area contributed by atoms with E-state index in [0.29, 0.717) is 0 Å². The fraction of sp³-hybridized carbons (Fsp3) is 0.286. The van der Waals surface area contributed by atoms with Gasteiger partial charge in [-0.3, -0.25) is 0 Å². The van der Waals surface area contributed by atoms with E-state index in [2.05, 4.69) is 37.8 Å². The third kappa shape index (κ3) is 3.21. The highest BCUT2D eigenvalue weighted by atomic mass is 14.0. The molecule has 0 aliphatic rings. The van der Waals surface area contributed by atoms with Crippen molar-refractivity contribution in [3.8, 4) is 0 Å². The molecule has 0 aliphatic carbocycles. The Morgan fingerprint density at radius 2 is 1.86 bits per heavy atom. The summed E-state index contributed by atoms with van der Waals surface area (Å²) in [4.78, 5) is 0. The molecule has 0 aliphatic heterocycles. The maximum absolute atomic E-state index is 3.80. The summed E-state index contributed by atoms with van der Waals surface area (Å²) < 4.78 is 0. The molecule has 1 aromatic carbocycles. The Hall–Kier alpha value is -1.30. The number of hydrogen-bond acceptors (Lipinski definition) is 0. The zero-order valence-electron chi connectivity index (χ0n) is 9.67. The zero-order valence-corrected chi connectivity index (χ0v) is 9.67. The van der Waals surface area contributed by atoms with Gasteiger partial charge in [0.15, 0.2) is 0 Å². The summed E-state index contributed by atoms with van der Waals surface area (Å²) in [5, 5.41) is 0. The molecule has 0 N–H and O–H groups in total. The average Bonchev–Trinajstić information content (AvgIpc) is 2.22. The molecule has 0 heterocycles. The molecule has 14 heavy (non-hydrogen) atoms. The molecule has 0 saturated carbocycles. The van der Waals surface area contributed by atoms with Gasteiger partial charge in [-0.25, -0.2) is 0 Å². The van der Waals surface area contributed by atoms with Gasteiger partial charge in [-0.2, -0.15) is 0 Å². The predicted molar refractivity (Wildman–Crippen MR) is 67.3 cm³/mol. The molecule has 0 fully saturated rings. The van der Waals surface area contributed by atoms with Crippen LogP contribution in [0, 0.1) is 6.92 Å². The van der Waals surface area contributed by atoms with Crippen molar-refractivity contribution >= 4 is 12.2 Å². The predicted octanol–water partition coefficient (Wildman–Crippen LogP) is 4.70. The van der Waals surface area contributed by atoms with Crippen LogP contribution < -0.4 is 0 Å². The van der Waals surface area contributed by atoms with Gasteiger partial charge in [0.05, 0.1) is 0 Å². The summed E-state index contributed by atoms with van der Waals surface area (Å²) in [7, 11) is 0. The van der Waals surface area contributed by atoms with E-state index in [-0.39, 0.29) is 0 Å². The van der Waals surface area contributed by atoms with Crippen molar-refractivity contribution in [1.29, 1.82) is 0 Å². The van der Waals surface area contributed by atoms with E-state index in [1.807, 2.05) is 32.9 Å². The molecular weight excluding hydrogens is 168 g/mol. The van der Waals surface area contributed by atoms with Crippen LogP contribution in [-0.2, 0) is 0 Å². The van der Waals surface area contributed by atoms with Crippen molar-refractivity contribution in [2.24, 2.45) is 0 Å². The van der Waals surface area contributed by atoms with Crippen LogP contribution in [0.2, 0.25) is 0 Å². The molecule has 1 rings (SSSR count). The van der Waals surface area contributed by atoms with Crippen molar-refractivity contribution in [1.82, 2.24) is 0 Å². The molecule has 0 spiro atoms. The molecular formula is C14H20. The first-order chi connectivity index (χ1) is 6.79. The van der Waals surface area contributed by atoms with Gasteiger partial charge in [0.1, 0.15) is 0 Å². The summed E-state index contributed by atoms with van der Waals surface area (Å²) in [5.74, 6) is 0. The lowest BCUT2D eigenvalue weighted by Gasteiger charge is -2.03. The van der Waals surface area contributed by atoms with E-state index in [1.165, 1.54) is 16.7 Å². The third-order valence-corrected chi connectivity index (χ3v) is 1.91. The van der Waals surface area contributed by atoms with Crippen LogP contribution in [0.25, 0.3) is 12.2 Å². The average molecular weight is 188 g/mol. The zero-order chi connectivity index (χ0) is 11.0. The minimum Gasteiger partial charge on any atom is -0.0984 e. The lowest BCUT2D eigenvalue weighted by molar-refractivity contribution is 1.43. The van der Waals surface area contributed by atoms with Crippen LogP contribution in [0.1, 0.15) is 37.5 Å². The second-order valence-electron chi connectivity index (χ2n) is 2.78. The van der Waals surface area contributed by atoms with Gasteiger partial charge in [0, 0.05) is 0 Å². The minimum atomic E-state index is 1.23. The highest BCUT2D eigenvalue weighted by Gasteiger charge is 1.96. The Labute approximate surface area is 88.0 Å². The van der Waals surface area contributed by atoms with Crippen molar-refractivity contribution in [2.75, 3.05) is 0 Å². The lowest BCUT2D eigenvalue weighted by Crippen LogP contribution is -1.84. The van der Waals surface area contributed by atoms with Crippen LogP contribution in [-0.4, -0.2) is 0 Å². The van der Waals surface area contributed by atoms with Gasteiger partial charge in [-0.1, -0.05) is 56.9 Å². The molecule has 0 heteroatoms. The van der Waals surface area contributed by atoms with E-state index in [4.69, 9.17) is 0 Å². The SMILES string of the molecule is C=Cc1c(C)cccc1/C=C\C.CC. The monoisotopic (exact) mass is 188 g/mol. The van der Waals surface area contributed by atoms with Gasteiger partial charge in [0.2, 0.25) is 0 Å². The second-order valence-corrected chi connectivity index (χ2v) is 2.78. The van der Waals surface area contributed by atoms with Crippen LogP contribution in [0.5, 0.6) is 0 Å². The third-order valence-electron chi connectivity index (χ3n) is 1.91. The number of benzene rings is 1. The van der Waals surface area contributed by atoms with Gasteiger partial charge in [0.25, 0.3) is 0 Å². The fourth-order valence-electron chi connectivity index (χ4n) is 1.31. The van der Waals surface area contributed by atoms with Crippen LogP contribution in [0.15, 0.2) is 30.9 Å². The molecule has 0 nitrogen and oxygen atoms in total. The Morgan fingerprint density at radius 1 is 1.21 bits per heavy atom. The molecule has 0 aromatic heterocycles. The van der Waals surface area contributed by atoms with E-state index < -0.39 is 0 Å². The van der Waals surface area contributed by atoms with Crippen molar-refractivity contribution in [3.63, 3.8) is 0 Å².